The Bertz CT molecular complexity index is 1580. The summed E-state index contributed by atoms with van der Waals surface area (Å²) < 4.78 is 0. The molecule has 2 heteroatoms. The van der Waals surface area contributed by atoms with E-state index in [1.807, 2.05) is 60.7 Å². The Morgan fingerprint density at radius 3 is 0.750 bits per heavy atom. The maximum Gasteiger partial charge on any atom is 0.0781 e. The van der Waals surface area contributed by atoms with Crippen LogP contribution in [0, 0.1) is 27.7 Å². The van der Waals surface area contributed by atoms with E-state index in [1.54, 1.807) is 0 Å². The lowest BCUT2D eigenvalue weighted by Gasteiger charge is -2.09. The summed E-state index contributed by atoms with van der Waals surface area (Å²) in [7, 11) is 0. The number of nitrogens with zero attached hydrogens (tertiary/aromatic N) is 2. The third-order valence-corrected chi connectivity index (χ3v) is 7.29. The molecule has 0 unspecified atom stereocenters. The highest BCUT2D eigenvalue weighted by molar-refractivity contribution is 6.14. The molecule has 0 aliphatic heterocycles. The number of aliphatic imine (C=N–C) groups is 2. The van der Waals surface area contributed by atoms with Gasteiger partial charge in [-0.05, 0) is 52.0 Å². The van der Waals surface area contributed by atoms with E-state index in [2.05, 4.69) is 125 Å². The first-order chi connectivity index (χ1) is 21.4. The molecule has 2 nitrogen and oxygen atoms in total. The van der Waals surface area contributed by atoms with Crippen molar-refractivity contribution in [3.05, 3.63) is 202 Å². The van der Waals surface area contributed by atoms with Crippen molar-refractivity contribution in [3.8, 4) is 0 Å². The Morgan fingerprint density at radius 1 is 0.295 bits per heavy atom. The van der Waals surface area contributed by atoms with Gasteiger partial charge in [-0.3, -0.25) is 0 Å². The highest BCUT2D eigenvalue weighted by Crippen LogP contribution is 2.20. The van der Waals surface area contributed by atoms with Gasteiger partial charge in [-0.25, -0.2) is 9.98 Å². The average molecular weight is 571 g/mol. The van der Waals surface area contributed by atoms with Gasteiger partial charge in [-0.1, -0.05) is 156 Å². The van der Waals surface area contributed by atoms with Gasteiger partial charge in [0.15, 0.2) is 0 Å². The normalized spacial score (nSPS) is 10.3. The maximum absolute atomic E-state index is 4.88. The van der Waals surface area contributed by atoms with Gasteiger partial charge in [-0.15, -0.1) is 0 Å². The summed E-state index contributed by atoms with van der Waals surface area (Å²) in [4.78, 5) is 9.75. The Hall–Kier alpha value is -5.34. The summed E-state index contributed by atoms with van der Waals surface area (Å²) in [5.74, 6) is 0. The van der Waals surface area contributed by atoms with Crippen LogP contribution in [-0.4, -0.2) is 11.4 Å². The van der Waals surface area contributed by atoms with Gasteiger partial charge < -0.3 is 0 Å². The zero-order valence-electron chi connectivity index (χ0n) is 25.9. The van der Waals surface area contributed by atoms with Gasteiger partial charge in [0.25, 0.3) is 0 Å². The smallest absolute Gasteiger partial charge is 0.0781 e. The van der Waals surface area contributed by atoms with Crippen molar-refractivity contribution in [1.29, 1.82) is 0 Å². The van der Waals surface area contributed by atoms with Gasteiger partial charge >= 0.3 is 0 Å². The van der Waals surface area contributed by atoms with Crippen LogP contribution >= 0.6 is 0 Å². The SMILES string of the molecule is Cc1ccc(C(=Nc2ccccc2)c2ccc(C)cc2)cc1.Cc1ccc(C(=Nc2ccccc2)c2ccc(C)cc2)cc1. The average Bonchev–Trinajstić information content (AvgIpc) is 3.06. The molecule has 0 saturated carbocycles. The summed E-state index contributed by atoms with van der Waals surface area (Å²) >= 11 is 0. The third kappa shape index (κ3) is 8.36. The zero-order chi connectivity index (χ0) is 30.7. The van der Waals surface area contributed by atoms with Crippen molar-refractivity contribution in [3.63, 3.8) is 0 Å². The molecule has 0 heterocycles. The summed E-state index contributed by atoms with van der Waals surface area (Å²) in [6.07, 6.45) is 0. The topological polar surface area (TPSA) is 24.7 Å². The Kier molecular flexibility index (Phi) is 10.1. The lowest BCUT2D eigenvalue weighted by molar-refractivity contribution is 1.42. The quantitative estimate of drug-likeness (QED) is 0.178. The second kappa shape index (κ2) is 14.7. The van der Waals surface area contributed by atoms with Gasteiger partial charge in [-0.2, -0.15) is 0 Å². The number of rotatable bonds is 6. The van der Waals surface area contributed by atoms with Gasteiger partial charge in [0.05, 0.1) is 22.8 Å². The minimum Gasteiger partial charge on any atom is -0.248 e. The first kappa shape index (κ1) is 30.1. The molecule has 6 aromatic carbocycles. The van der Waals surface area contributed by atoms with Crippen LogP contribution in [0.2, 0.25) is 0 Å². The summed E-state index contributed by atoms with van der Waals surface area (Å²) in [5.41, 5.74) is 13.5. The number of para-hydroxylation sites is 2. The number of benzene rings is 6. The van der Waals surface area contributed by atoms with Crippen LogP contribution in [0.3, 0.4) is 0 Å². The van der Waals surface area contributed by atoms with E-state index in [1.165, 1.54) is 22.3 Å². The fourth-order valence-corrected chi connectivity index (χ4v) is 4.70. The molecule has 0 fully saturated rings. The molecule has 0 aromatic heterocycles. The molecule has 0 bridgehead atoms. The number of hydrogen-bond donors (Lipinski definition) is 0. The van der Waals surface area contributed by atoms with Crippen LogP contribution in [-0.2, 0) is 0 Å². The van der Waals surface area contributed by atoms with Crippen LogP contribution in [0.4, 0.5) is 11.4 Å². The molecule has 0 radical (unpaired) electrons. The largest absolute Gasteiger partial charge is 0.248 e. The van der Waals surface area contributed by atoms with E-state index in [-0.39, 0.29) is 0 Å². The molecule has 0 spiro atoms. The van der Waals surface area contributed by atoms with Crippen molar-refractivity contribution in [2.24, 2.45) is 9.98 Å². The van der Waals surface area contributed by atoms with Crippen LogP contribution in [0.25, 0.3) is 0 Å². The van der Waals surface area contributed by atoms with E-state index in [4.69, 9.17) is 9.98 Å². The molecule has 0 aliphatic rings. The Balaban J connectivity index is 0.000000175. The second-order valence-electron chi connectivity index (χ2n) is 11.1. The van der Waals surface area contributed by atoms with Crippen molar-refractivity contribution in [1.82, 2.24) is 0 Å². The summed E-state index contributed by atoms with van der Waals surface area (Å²) in [6, 6.07) is 54.3. The number of aryl methyl sites for hydroxylation is 4. The highest BCUT2D eigenvalue weighted by Gasteiger charge is 2.08. The van der Waals surface area contributed by atoms with Gasteiger partial charge in [0.2, 0.25) is 0 Å². The summed E-state index contributed by atoms with van der Waals surface area (Å²) in [5, 5.41) is 0. The molecule has 0 amide bonds. The predicted molar refractivity (Wildman–Crippen MR) is 188 cm³/mol. The minimum absolute atomic E-state index is 0.971. The van der Waals surface area contributed by atoms with Crippen molar-refractivity contribution >= 4 is 22.8 Å². The predicted octanol–water partition coefficient (Wildman–Crippen LogP) is 10.9. The highest BCUT2D eigenvalue weighted by atomic mass is 14.8. The van der Waals surface area contributed by atoms with E-state index in [0.717, 1.165) is 45.1 Å². The van der Waals surface area contributed by atoms with Crippen molar-refractivity contribution in [2.45, 2.75) is 27.7 Å². The molecule has 6 rings (SSSR count). The molecular formula is C42H38N2. The monoisotopic (exact) mass is 570 g/mol. The van der Waals surface area contributed by atoms with Gasteiger partial charge in [0, 0.05) is 22.3 Å². The summed E-state index contributed by atoms with van der Waals surface area (Å²) in [6.45, 7) is 8.40. The second-order valence-corrected chi connectivity index (χ2v) is 11.1. The molecule has 44 heavy (non-hydrogen) atoms. The Morgan fingerprint density at radius 2 is 0.523 bits per heavy atom. The van der Waals surface area contributed by atoms with Crippen LogP contribution in [0.1, 0.15) is 44.5 Å². The van der Waals surface area contributed by atoms with E-state index < -0.39 is 0 Å². The molecule has 216 valence electrons. The molecule has 0 N–H and O–H groups in total. The van der Waals surface area contributed by atoms with E-state index in [0.29, 0.717) is 0 Å². The third-order valence-electron chi connectivity index (χ3n) is 7.29. The van der Waals surface area contributed by atoms with Crippen LogP contribution < -0.4 is 0 Å². The Labute approximate surface area is 262 Å². The molecule has 6 aromatic rings. The van der Waals surface area contributed by atoms with Crippen LogP contribution in [0.5, 0.6) is 0 Å². The molecule has 0 atom stereocenters. The first-order valence-corrected chi connectivity index (χ1v) is 15.0. The van der Waals surface area contributed by atoms with Gasteiger partial charge in [0.1, 0.15) is 0 Å². The fraction of sp³-hybridized carbons (Fsp3) is 0.0952. The fourth-order valence-electron chi connectivity index (χ4n) is 4.70. The van der Waals surface area contributed by atoms with Crippen molar-refractivity contribution in [2.75, 3.05) is 0 Å². The van der Waals surface area contributed by atoms with Crippen LogP contribution in [0.15, 0.2) is 168 Å². The lowest BCUT2D eigenvalue weighted by Crippen LogP contribution is -2.03. The molecule has 0 aliphatic carbocycles. The van der Waals surface area contributed by atoms with Crippen molar-refractivity contribution < 1.29 is 0 Å². The first-order valence-electron chi connectivity index (χ1n) is 15.0. The standard InChI is InChI=1S/2C21H19N/c2*1-16-8-12-18(13-9-16)21(19-14-10-17(2)11-15-19)22-20-6-4-3-5-7-20/h2*3-15H,1-2H3. The van der Waals surface area contributed by atoms with E-state index in [9.17, 15) is 0 Å². The van der Waals surface area contributed by atoms with E-state index >= 15 is 0 Å². The number of hydrogen-bond acceptors (Lipinski definition) is 2. The molecule has 0 saturated heterocycles. The maximum atomic E-state index is 4.88. The minimum atomic E-state index is 0.971. The zero-order valence-corrected chi connectivity index (χ0v) is 25.9. The molecular weight excluding hydrogens is 532 g/mol. The lowest BCUT2D eigenvalue weighted by atomic mass is 10.00.